The molecule has 6 nitrogen and oxygen atoms in total. The predicted molar refractivity (Wildman–Crippen MR) is 105 cm³/mol. The van der Waals surface area contributed by atoms with E-state index in [0.717, 1.165) is 43.0 Å². The van der Waals surface area contributed by atoms with Crippen molar-refractivity contribution in [3.8, 4) is 0 Å². The molecule has 0 atom stereocenters. The van der Waals surface area contributed by atoms with Crippen LogP contribution in [-0.4, -0.2) is 54.0 Å². The Kier molecular flexibility index (Phi) is 5.52. The van der Waals surface area contributed by atoms with E-state index in [1.165, 1.54) is 0 Å². The minimum absolute atomic E-state index is 0.195. The number of hydrogen-bond acceptors (Lipinski definition) is 5. The molecular formula is C20H27N5O. The van der Waals surface area contributed by atoms with E-state index in [-0.39, 0.29) is 5.91 Å². The molecule has 26 heavy (non-hydrogen) atoms. The Bertz CT molecular complexity index is 782. The standard InChI is InChI=1S/C20H27N5O/c1-14(2)16-7-5-6-15(3)18(16)23-19(26)17-8-9-21-20(22-17)25-12-10-24(4)11-13-25/h5-9,14H,10-13H2,1-4H3,(H,23,26). The van der Waals surface area contributed by atoms with Gasteiger partial charge in [-0.1, -0.05) is 32.0 Å². The van der Waals surface area contributed by atoms with E-state index in [0.29, 0.717) is 17.6 Å². The number of aryl methyl sites for hydroxylation is 1. The monoisotopic (exact) mass is 353 g/mol. The van der Waals surface area contributed by atoms with Crippen LogP contribution in [0, 0.1) is 6.92 Å². The maximum atomic E-state index is 12.8. The first-order valence-corrected chi connectivity index (χ1v) is 9.13. The third kappa shape index (κ3) is 4.02. The molecule has 3 rings (SSSR count). The zero-order valence-electron chi connectivity index (χ0n) is 16.0. The molecule has 1 N–H and O–H groups in total. The van der Waals surface area contributed by atoms with Crippen LogP contribution in [-0.2, 0) is 0 Å². The second-order valence-corrected chi connectivity index (χ2v) is 7.18. The molecule has 1 saturated heterocycles. The minimum atomic E-state index is -0.195. The fraction of sp³-hybridized carbons (Fsp3) is 0.450. The topological polar surface area (TPSA) is 61.4 Å². The van der Waals surface area contributed by atoms with E-state index in [1.54, 1.807) is 12.3 Å². The Hall–Kier alpha value is -2.47. The van der Waals surface area contributed by atoms with Crippen molar-refractivity contribution in [3.05, 3.63) is 47.3 Å². The molecule has 0 unspecified atom stereocenters. The summed E-state index contributed by atoms with van der Waals surface area (Å²) in [6.07, 6.45) is 1.66. The van der Waals surface area contributed by atoms with Gasteiger partial charge >= 0.3 is 0 Å². The van der Waals surface area contributed by atoms with Crippen LogP contribution in [0.15, 0.2) is 30.5 Å². The van der Waals surface area contributed by atoms with E-state index in [1.807, 2.05) is 19.1 Å². The molecule has 2 heterocycles. The number of piperazine rings is 1. The molecule has 1 amide bonds. The van der Waals surface area contributed by atoms with Gasteiger partial charge in [-0.05, 0) is 37.1 Å². The van der Waals surface area contributed by atoms with E-state index in [4.69, 9.17) is 0 Å². The van der Waals surface area contributed by atoms with Crippen molar-refractivity contribution in [2.24, 2.45) is 0 Å². The van der Waals surface area contributed by atoms with E-state index in [9.17, 15) is 4.79 Å². The van der Waals surface area contributed by atoms with Gasteiger partial charge in [-0.2, -0.15) is 0 Å². The molecule has 0 saturated carbocycles. The maximum absolute atomic E-state index is 12.8. The summed E-state index contributed by atoms with van der Waals surface area (Å²) in [5.41, 5.74) is 3.46. The second kappa shape index (κ2) is 7.83. The fourth-order valence-corrected chi connectivity index (χ4v) is 3.15. The zero-order chi connectivity index (χ0) is 18.7. The lowest BCUT2D eigenvalue weighted by Crippen LogP contribution is -2.45. The maximum Gasteiger partial charge on any atom is 0.274 e. The molecular weight excluding hydrogens is 326 g/mol. The van der Waals surface area contributed by atoms with Crippen LogP contribution < -0.4 is 10.2 Å². The molecule has 1 fully saturated rings. The van der Waals surface area contributed by atoms with Gasteiger partial charge in [0.2, 0.25) is 5.95 Å². The highest BCUT2D eigenvalue weighted by Gasteiger charge is 2.19. The highest BCUT2D eigenvalue weighted by atomic mass is 16.1. The van der Waals surface area contributed by atoms with Gasteiger partial charge in [0.05, 0.1) is 0 Å². The predicted octanol–water partition coefficient (Wildman–Crippen LogP) is 2.91. The number of benzene rings is 1. The van der Waals surface area contributed by atoms with Gasteiger partial charge in [-0.25, -0.2) is 9.97 Å². The summed E-state index contributed by atoms with van der Waals surface area (Å²) in [6.45, 7) is 9.95. The number of hydrogen-bond donors (Lipinski definition) is 1. The summed E-state index contributed by atoms with van der Waals surface area (Å²) in [5.74, 6) is 0.759. The molecule has 1 aliphatic rings. The Morgan fingerprint density at radius 3 is 2.58 bits per heavy atom. The molecule has 0 radical (unpaired) electrons. The van der Waals surface area contributed by atoms with Crippen LogP contribution in [0.25, 0.3) is 0 Å². The first kappa shape index (κ1) is 18.3. The molecule has 2 aromatic rings. The molecule has 1 aromatic heterocycles. The van der Waals surface area contributed by atoms with Gasteiger partial charge in [0.25, 0.3) is 5.91 Å². The average Bonchev–Trinajstić information content (AvgIpc) is 2.64. The van der Waals surface area contributed by atoms with Crippen LogP contribution in [0.2, 0.25) is 0 Å². The smallest absolute Gasteiger partial charge is 0.274 e. The Morgan fingerprint density at radius 2 is 1.88 bits per heavy atom. The van der Waals surface area contributed by atoms with Crippen molar-refractivity contribution in [2.45, 2.75) is 26.7 Å². The fourth-order valence-electron chi connectivity index (χ4n) is 3.15. The Labute approximate surface area is 155 Å². The van der Waals surface area contributed by atoms with Crippen molar-refractivity contribution in [3.63, 3.8) is 0 Å². The molecule has 6 heteroatoms. The van der Waals surface area contributed by atoms with Crippen LogP contribution in [0.5, 0.6) is 0 Å². The lowest BCUT2D eigenvalue weighted by molar-refractivity contribution is 0.102. The van der Waals surface area contributed by atoms with Crippen molar-refractivity contribution in [2.75, 3.05) is 43.4 Å². The van der Waals surface area contributed by atoms with Crippen LogP contribution in [0.4, 0.5) is 11.6 Å². The number of carbonyl (C=O) groups excluding carboxylic acids is 1. The lowest BCUT2D eigenvalue weighted by Gasteiger charge is -2.32. The third-order valence-corrected chi connectivity index (χ3v) is 4.83. The highest BCUT2D eigenvalue weighted by molar-refractivity contribution is 6.03. The van der Waals surface area contributed by atoms with Crippen LogP contribution in [0.1, 0.15) is 41.4 Å². The average molecular weight is 353 g/mol. The number of likely N-dealkylation sites (N-methyl/N-ethyl adjacent to an activating group) is 1. The molecule has 1 aliphatic heterocycles. The van der Waals surface area contributed by atoms with Crippen molar-refractivity contribution >= 4 is 17.5 Å². The Morgan fingerprint density at radius 1 is 1.15 bits per heavy atom. The van der Waals surface area contributed by atoms with Gasteiger partial charge in [0.1, 0.15) is 5.69 Å². The number of aromatic nitrogens is 2. The summed E-state index contributed by atoms with van der Waals surface area (Å²) < 4.78 is 0. The van der Waals surface area contributed by atoms with E-state index >= 15 is 0 Å². The largest absolute Gasteiger partial charge is 0.338 e. The lowest BCUT2D eigenvalue weighted by atomic mass is 9.98. The summed E-state index contributed by atoms with van der Waals surface area (Å²) in [5, 5.41) is 3.06. The number of rotatable bonds is 4. The summed E-state index contributed by atoms with van der Waals surface area (Å²) >= 11 is 0. The Balaban J connectivity index is 1.80. The third-order valence-electron chi connectivity index (χ3n) is 4.83. The van der Waals surface area contributed by atoms with Gasteiger partial charge in [0.15, 0.2) is 0 Å². The number of amides is 1. The molecule has 0 bridgehead atoms. The van der Waals surface area contributed by atoms with Gasteiger partial charge in [0, 0.05) is 38.1 Å². The van der Waals surface area contributed by atoms with E-state index < -0.39 is 0 Å². The number of carbonyl (C=O) groups is 1. The number of nitrogens with one attached hydrogen (secondary N) is 1. The number of para-hydroxylation sites is 1. The first-order chi connectivity index (χ1) is 12.5. The first-order valence-electron chi connectivity index (χ1n) is 9.13. The van der Waals surface area contributed by atoms with Gasteiger partial charge in [-0.15, -0.1) is 0 Å². The highest BCUT2D eigenvalue weighted by Crippen LogP contribution is 2.27. The van der Waals surface area contributed by atoms with Crippen LogP contribution >= 0.6 is 0 Å². The van der Waals surface area contributed by atoms with E-state index in [2.05, 4.69) is 52.0 Å². The van der Waals surface area contributed by atoms with Gasteiger partial charge in [-0.3, -0.25) is 4.79 Å². The molecule has 0 spiro atoms. The van der Waals surface area contributed by atoms with Crippen molar-refractivity contribution in [1.82, 2.24) is 14.9 Å². The SMILES string of the molecule is Cc1cccc(C(C)C)c1NC(=O)c1ccnc(N2CCN(C)CC2)n1. The van der Waals surface area contributed by atoms with Crippen molar-refractivity contribution < 1.29 is 4.79 Å². The number of anilines is 2. The summed E-state index contributed by atoms with van der Waals surface area (Å²) in [6, 6.07) is 7.76. The van der Waals surface area contributed by atoms with Gasteiger partial charge < -0.3 is 15.1 Å². The summed E-state index contributed by atoms with van der Waals surface area (Å²) in [7, 11) is 2.11. The molecule has 1 aromatic carbocycles. The molecule has 0 aliphatic carbocycles. The second-order valence-electron chi connectivity index (χ2n) is 7.18. The zero-order valence-corrected chi connectivity index (χ0v) is 16.0. The number of nitrogens with zero attached hydrogens (tertiary/aromatic N) is 4. The summed E-state index contributed by atoms with van der Waals surface area (Å²) in [4.78, 5) is 26.1. The quantitative estimate of drug-likeness (QED) is 0.916. The minimum Gasteiger partial charge on any atom is -0.338 e. The normalized spacial score (nSPS) is 15.3. The van der Waals surface area contributed by atoms with Crippen molar-refractivity contribution in [1.29, 1.82) is 0 Å². The van der Waals surface area contributed by atoms with Crippen LogP contribution in [0.3, 0.4) is 0 Å². The molecule has 138 valence electrons.